The maximum atomic E-state index is 13.3. The normalized spacial score (nSPS) is 10.7. The molecular formula is C25H24N4O5. The molecule has 0 atom stereocenters. The number of pyridine rings is 1. The number of ether oxygens (including phenoxy) is 2. The first-order valence-electron chi connectivity index (χ1n) is 10.5. The lowest BCUT2D eigenvalue weighted by atomic mass is 10.1. The molecule has 174 valence electrons. The van der Waals surface area contributed by atoms with Gasteiger partial charge in [-0.25, -0.2) is 0 Å². The highest BCUT2D eigenvalue weighted by atomic mass is 16.5. The number of anilines is 1. The van der Waals surface area contributed by atoms with E-state index >= 15 is 0 Å². The second kappa shape index (κ2) is 9.62. The van der Waals surface area contributed by atoms with Gasteiger partial charge < -0.3 is 23.9 Å². The van der Waals surface area contributed by atoms with Gasteiger partial charge in [0.25, 0.3) is 11.4 Å². The third kappa shape index (κ3) is 4.54. The molecule has 0 saturated carbocycles. The molecule has 2 aromatic heterocycles. The second-order valence-corrected chi connectivity index (χ2v) is 7.64. The fourth-order valence-electron chi connectivity index (χ4n) is 3.67. The van der Waals surface area contributed by atoms with Crippen molar-refractivity contribution in [2.75, 3.05) is 19.5 Å². The molecule has 0 spiro atoms. The van der Waals surface area contributed by atoms with Crippen molar-refractivity contribution in [1.82, 2.24) is 14.7 Å². The number of aromatic nitrogens is 3. The monoisotopic (exact) mass is 460 g/mol. The second-order valence-electron chi connectivity index (χ2n) is 7.64. The Balaban J connectivity index is 1.62. The van der Waals surface area contributed by atoms with Gasteiger partial charge in [0, 0.05) is 23.0 Å². The zero-order valence-corrected chi connectivity index (χ0v) is 19.3. The molecule has 0 saturated heterocycles. The molecule has 1 amide bonds. The smallest absolute Gasteiger partial charge is 0.264 e. The molecule has 34 heavy (non-hydrogen) atoms. The fourth-order valence-corrected chi connectivity index (χ4v) is 3.67. The van der Waals surface area contributed by atoms with E-state index in [9.17, 15) is 9.59 Å². The van der Waals surface area contributed by atoms with Crippen molar-refractivity contribution in [3.63, 3.8) is 0 Å². The van der Waals surface area contributed by atoms with Gasteiger partial charge in [-0.2, -0.15) is 4.98 Å². The van der Waals surface area contributed by atoms with Crippen LogP contribution >= 0.6 is 0 Å². The molecule has 2 aromatic carbocycles. The Morgan fingerprint density at radius 2 is 1.76 bits per heavy atom. The molecule has 0 radical (unpaired) electrons. The molecule has 2 heterocycles. The summed E-state index contributed by atoms with van der Waals surface area (Å²) in [5.74, 6) is 1.15. The lowest BCUT2D eigenvalue weighted by Gasteiger charge is -2.14. The van der Waals surface area contributed by atoms with Crippen LogP contribution in [0.5, 0.6) is 11.5 Å². The summed E-state index contributed by atoms with van der Waals surface area (Å²) < 4.78 is 17.3. The summed E-state index contributed by atoms with van der Waals surface area (Å²) in [5, 5.41) is 6.79. The van der Waals surface area contributed by atoms with E-state index < -0.39 is 0 Å². The number of methoxy groups -OCH3 is 2. The summed E-state index contributed by atoms with van der Waals surface area (Å²) in [7, 11) is 3.05. The lowest BCUT2D eigenvalue weighted by molar-refractivity contribution is -0.116. The highest BCUT2D eigenvalue weighted by Gasteiger charge is 2.20. The Morgan fingerprint density at radius 3 is 2.47 bits per heavy atom. The maximum absolute atomic E-state index is 13.3. The largest absolute Gasteiger partial charge is 0.493 e. The van der Waals surface area contributed by atoms with Crippen LogP contribution in [-0.4, -0.2) is 34.8 Å². The number of carbonyl (C=O) groups is 1. The van der Waals surface area contributed by atoms with E-state index in [1.165, 1.54) is 18.8 Å². The quantitative estimate of drug-likeness (QED) is 0.446. The minimum Gasteiger partial charge on any atom is -0.493 e. The number of carbonyl (C=O) groups excluding carboxylic acids is 1. The standard InChI is InChI=1S/C25H24N4O5/c1-15-12-16(2)29(14-21(30)26-18-10-11-19(32-3)20(13-18)33-4)25(31)22(15)24-27-23(28-34-24)17-8-6-5-7-9-17/h5-13H,14H2,1-4H3,(H,26,30). The molecule has 0 fully saturated rings. The third-order valence-corrected chi connectivity index (χ3v) is 5.35. The summed E-state index contributed by atoms with van der Waals surface area (Å²) in [5.41, 5.74) is 2.49. The van der Waals surface area contributed by atoms with Crippen LogP contribution in [0.25, 0.3) is 22.8 Å². The summed E-state index contributed by atoms with van der Waals surface area (Å²) in [4.78, 5) is 30.5. The van der Waals surface area contributed by atoms with Gasteiger partial charge in [0.1, 0.15) is 12.1 Å². The van der Waals surface area contributed by atoms with Crippen LogP contribution in [0.1, 0.15) is 11.3 Å². The topological polar surface area (TPSA) is 108 Å². The maximum Gasteiger partial charge on any atom is 0.264 e. The number of nitrogens with zero attached hydrogens (tertiary/aromatic N) is 3. The zero-order chi connectivity index (χ0) is 24.2. The van der Waals surface area contributed by atoms with Crippen LogP contribution in [0.15, 0.2) is 63.9 Å². The van der Waals surface area contributed by atoms with Gasteiger partial charge >= 0.3 is 0 Å². The van der Waals surface area contributed by atoms with Gasteiger partial charge in [-0.3, -0.25) is 9.59 Å². The van der Waals surface area contributed by atoms with Crippen LogP contribution in [0, 0.1) is 13.8 Å². The lowest BCUT2D eigenvalue weighted by Crippen LogP contribution is -2.30. The van der Waals surface area contributed by atoms with Crippen molar-refractivity contribution in [3.05, 3.63) is 76.2 Å². The Morgan fingerprint density at radius 1 is 1.03 bits per heavy atom. The van der Waals surface area contributed by atoms with E-state index in [-0.39, 0.29) is 29.5 Å². The summed E-state index contributed by atoms with van der Waals surface area (Å²) in [6.07, 6.45) is 0. The third-order valence-electron chi connectivity index (χ3n) is 5.35. The number of rotatable bonds is 7. The van der Waals surface area contributed by atoms with Crippen molar-refractivity contribution in [3.8, 4) is 34.3 Å². The van der Waals surface area contributed by atoms with Crippen LogP contribution < -0.4 is 20.3 Å². The summed E-state index contributed by atoms with van der Waals surface area (Å²) >= 11 is 0. The minimum atomic E-state index is -0.386. The Labute approximate surface area is 196 Å². The molecule has 9 heteroatoms. The van der Waals surface area contributed by atoms with Crippen molar-refractivity contribution in [2.24, 2.45) is 0 Å². The number of benzene rings is 2. The van der Waals surface area contributed by atoms with E-state index in [0.717, 1.165) is 5.56 Å². The fraction of sp³-hybridized carbons (Fsp3) is 0.200. The minimum absolute atomic E-state index is 0.107. The molecule has 0 unspecified atom stereocenters. The molecule has 0 aliphatic carbocycles. The van der Waals surface area contributed by atoms with Crippen molar-refractivity contribution in [1.29, 1.82) is 0 Å². The molecule has 4 rings (SSSR count). The van der Waals surface area contributed by atoms with Gasteiger partial charge in [-0.05, 0) is 37.6 Å². The van der Waals surface area contributed by atoms with Crippen LogP contribution in [-0.2, 0) is 11.3 Å². The molecule has 0 aliphatic heterocycles. The van der Waals surface area contributed by atoms with Gasteiger partial charge in [0.15, 0.2) is 11.5 Å². The van der Waals surface area contributed by atoms with E-state index in [1.807, 2.05) is 36.4 Å². The number of hydrogen-bond acceptors (Lipinski definition) is 7. The van der Waals surface area contributed by atoms with Crippen molar-refractivity contribution >= 4 is 11.6 Å². The van der Waals surface area contributed by atoms with Gasteiger partial charge in [-0.15, -0.1) is 0 Å². The number of hydrogen-bond donors (Lipinski definition) is 1. The van der Waals surface area contributed by atoms with Gasteiger partial charge in [-0.1, -0.05) is 35.5 Å². The summed E-state index contributed by atoms with van der Waals surface area (Å²) in [6, 6.07) is 16.2. The van der Waals surface area contributed by atoms with E-state index in [4.69, 9.17) is 14.0 Å². The van der Waals surface area contributed by atoms with E-state index in [1.54, 1.807) is 32.0 Å². The van der Waals surface area contributed by atoms with E-state index in [2.05, 4.69) is 15.5 Å². The first-order valence-corrected chi connectivity index (χ1v) is 10.5. The van der Waals surface area contributed by atoms with Crippen LogP contribution in [0.3, 0.4) is 0 Å². The predicted molar refractivity (Wildman–Crippen MR) is 127 cm³/mol. The number of amides is 1. The van der Waals surface area contributed by atoms with Crippen LogP contribution in [0.4, 0.5) is 5.69 Å². The number of aryl methyl sites for hydroxylation is 2. The predicted octanol–water partition coefficient (Wildman–Crippen LogP) is 3.84. The van der Waals surface area contributed by atoms with Gasteiger partial charge in [0.2, 0.25) is 11.7 Å². The summed E-state index contributed by atoms with van der Waals surface area (Å²) in [6.45, 7) is 3.38. The first kappa shape index (κ1) is 22.8. The molecule has 9 nitrogen and oxygen atoms in total. The highest BCUT2D eigenvalue weighted by molar-refractivity contribution is 5.91. The number of nitrogens with one attached hydrogen (secondary N) is 1. The molecule has 0 aliphatic rings. The Kier molecular flexibility index (Phi) is 6.44. The SMILES string of the molecule is COc1ccc(NC(=O)Cn2c(C)cc(C)c(-c3nc(-c4ccccc4)no3)c2=O)cc1OC. The van der Waals surface area contributed by atoms with Crippen molar-refractivity contribution < 1.29 is 18.8 Å². The highest BCUT2D eigenvalue weighted by Crippen LogP contribution is 2.29. The van der Waals surface area contributed by atoms with E-state index in [0.29, 0.717) is 34.3 Å². The Bertz CT molecular complexity index is 1390. The van der Waals surface area contributed by atoms with Gasteiger partial charge in [0.05, 0.1) is 14.2 Å². The molecule has 1 N–H and O–H groups in total. The zero-order valence-electron chi connectivity index (χ0n) is 19.3. The average molecular weight is 460 g/mol. The average Bonchev–Trinajstić information content (AvgIpc) is 3.32. The van der Waals surface area contributed by atoms with Crippen molar-refractivity contribution in [2.45, 2.75) is 20.4 Å². The first-order chi connectivity index (χ1) is 16.4. The van der Waals surface area contributed by atoms with Crippen LogP contribution in [0.2, 0.25) is 0 Å². The molecule has 0 bridgehead atoms. The molecular weight excluding hydrogens is 436 g/mol. The molecule has 4 aromatic rings. The Hall–Kier alpha value is -4.40.